The number of hydrogen-bond donors (Lipinski definition) is 2. The van der Waals surface area contributed by atoms with Crippen molar-refractivity contribution in [2.45, 2.75) is 20.0 Å². The van der Waals surface area contributed by atoms with Gasteiger partial charge >= 0.3 is 0 Å². The van der Waals surface area contributed by atoms with Gasteiger partial charge in [-0.2, -0.15) is 0 Å². The number of nitrogens with two attached hydrogens (primary N) is 1. The number of amides is 1. The van der Waals surface area contributed by atoms with Crippen molar-refractivity contribution in [2.24, 2.45) is 0 Å². The van der Waals surface area contributed by atoms with Crippen LogP contribution in [0.15, 0.2) is 48.5 Å². The molecule has 1 unspecified atom stereocenters. The van der Waals surface area contributed by atoms with Gasteiger partial charge in [0.1, 0.15) is 5.75 Å². The molecule has 0 saturated carbocycles. The molecule has 1 amide bonds. The summed E-state index contributed by atoms with van der Waals surface area (Å²) in [5, 5.41) is 2.85. The Morgan fingerprint density at radius 2 is 1.80 bits per heavy atom. The summed E-state index contributed by atoms with van der Waals surface area (Å²) in [6.45, 7) is 3.66. The maximum atomic E-state index is 12.1. The molecule has 0 aliphatic heterocycles. The lowest BCUT2D eigenvalue weighted by atomic mass is 10.2. The van der Waals surface area contributed by atoms with Crippen LogP contribution in [0.25, 0.3) is 0 Å². The van der Waals surface area contributed by atoms with Crippen molar-refractivity contribution >= 4 is 17.3 Å². The number of nitrogens with one attached hydrogen (secondary N) is 1. The fraction of sp³-hybridized carbons (Fsp3) is 0.188. The number of nitrogen functional groups attached to an aromatic ring is 1. The van der Waals surface area contributed by atoms with Crippen molar-refractivity contribution in [3.63, 3.8) is 0 Å². The van der Waals surface area contributed by atoms with Crippen molar-refractivity contribution in [3.05, 3.63) is 54.1 Å². The van der Waals surface area contributed by atoms with Crippen LogP contribution in [-0.4, -0.2) is 12.0 Å². The van der Waals surface area contributed by atoms with E-state index in [1.165, 1.54) is 0 Å². The van der Waals surface area contributed by atoms with Crippen molar-refractivity contribution in [2.75, 3.05) is 11.1 Å². The maximum Gasteiger partial charge on any atom is 0.265 e. The van der Waals surface area contributed by atoms with Crippen LogP contribution in [0, 0.1) is 6.92 Å². The predicted molar refractivity (Wildman–Crippen MR) is 80.8 cm³/mol. The van der Waals surface area contributed by atoms with Gasteiger partial charge in [-0.1, -0.05) is 18.2 Å². The average molecular weight is 270 g/mol. The first-order chi connectivity index (χ1) is 9.56. The minimum atomic E-state index is -0.585. The fourth-order valence-corrected chi connectivity index (χ4v) is 1.75. The van der Waals surface area contributed by atoms with Crippen LogP contribution in [0.3, 0.4) is 0 Å². The molecular formula is C16H18N2O2. The summed E-state index contributed by atoms with van der Waals surface area (Å²) in [4.78, 5) is 12.1. The highest BCUT2D eigenvalue weighted by Crippen LogP contribution is 2.17. The molecule has 3 N–H and O–H groups in total. The van der Waals surface area contributed by atoms with Crippen molar-refractivity contribution in [3.8, 4) is 5.75 Å². The minimum absolute atomic E-state index is 0.184. The van der Waals surface area contributed by atoms with E-state index in [1.807, 2.05) is 31.2 Å². The van der Waals surface area contributed by atoms with Gasteiger partial charge in [0.05, 0.1) is 0 Å². The first kappa shape index (κ1) is 13.9. The van der Waals surface area contributed by atoms with E-state index in [4.69, 9.17) is 10.5 Å². The molecule has 0 fully saturated rings. The SMILES string of the molecule is Cc1ccccc1NC(=O)C(C)Oc1ccc(N)cc1. The summed E-state index contributed by atoms with van der Waals surface area (Å²) < 4.78 is 5.58. The van der Waals surface area contributed by atoms with Crippen LogP contribution in [0.2, 0.25) is 0 Å². The van der Waals surface area contributed by atoms with Crippen LogP contribution >= 0.6 is 0 Å². The molecule has 20 heavy (non-hydrogen) atoms. The number of para-hydroxylation sites is 1. The third-order valence-electron chi connectivity index (χ3n) is 2.97. The van der Waals surface area contributed by atoms with Gasteiger partial charge in [0.2, 0.25) is 0 Å². The molecule has 0 aliphatic carbocycles. The Hall–Kier alpha value is -2.49. The number of rotatable bonds is 4. The highest BCUT2D eigenvalue weighted by Gasteiger charge is 2.15. The average Bonchev–Trinajstić information content (AvgIpc) is 2.44. The van der Waals surface area contributed by atoms with E-state index in [1.54, 1.807) is 31.2 Å². The highest BCUT2D eigenvalue weighted by atomic mass is 16.5. The topological polar surface area (TPSA) is 64.3 Å². The monoisotopic (exact) mass is 270 g/mol. The second kappa shape index (κ2) is 6.10. The third kappa shape index (κ3) is 3.51. The molecule has 0 spiro atoms. The summed E-state index contributed by atoms with van der Waals surface area (Å²) >= 11 is 0. The molecule has 1 atom stereocenters. The number of benzene rings is 2. The summed E-state index contributed by atoms with van der Waals surface area (Å²) in [5.41, 5.74) is 8.07. The zero-order valence-corrected chi connectivity index (χ0v) is 11.6. The number of aryl methyl sites for hydroxylation is 1. The van der Waals surface area contributed by atoms with Crippen LogP contribution in [0.1, 0.15) is 12.5 Å². The van der Waals surface area contributed by atoms with Crippen molar-refractivity contribution in [1.29, 1.82) is 0 Å². The van der Waals surface area contributed by atoms with Gasteiger partial charge in [0, 0.05) is 11.4 Å². The van der Waals surface area contributed by atoms with E-state index in [2.05, 4.69) is 5.32 Å². The first-order valence-electron chi connectivity index (χ1n) is 6.45. The number of carbonyl (C=O) groups excluding carboxylic acids is 1. The first-order valence-corrected chi connectivity index (χ1v) is 6.45. The Balaban J connectivity index is 1.99. The van der Waals surface area contributed by atoms with E-state index in [0.29, 0.717) is 11.4 Å². The zero-order valence-electron chi connectivity index (χ0n) is 11.6. The molecule has 0 bridgehead atoms. The van der Waals surface area contributed by atoms with Gasteiger partial charge < -0.3 is 15.8 Å². The Morgan fingerprint density at radius 1 is 1.15 bits per heavy atom. The molecular weight excluding hydrogens is 252 g/mol. The van der Waals surface area contributed by atoms with Gasteiger partial charge in [-0.25, -0.2) is 0 Å². The van der Waals surface area contributed by atoms with Crippen molar-refractivity contribution < 1.29 is 9.53 Å². The van der Waals surface area contributed by atoms with Gasteiger partial charge in [0.25, 0.3) is 5.91 Å². The van der Waals surface area contributed by atoms with E-state index < -0.39 is 6.10 Å². The van der Waals surface area contributed by atoms with E-state index in [0.717, 1.165) is 11.3 Å². The van der Waals surface area contributed by atoms with E-state index in [9.17, 15) is 4.79 Å². The largest absolute Gasteiger partial charge is 0.481 e. The molecule has 0 heterocycles. The zero-order chi connectivity index (χ0) is 14.5. The number of carbonyl (C=O) groups is 1. The summed E-state index contributed by atoms with van der Waals surface area (Å²) in [6, 6.07) is 14.6. The quantitative estimate of drug-likeness (QED) is 0.839. The van der Waals surface area contributed by atoms with Gasteiger partial charge in [-0.3, -0.25) is 4.79 Å². The van der Waals surface area contributed by atoms with Gasteiger partial charge in [-0.05, 0) is 49.7 Å². The van der Waals surface area contributed by atoms with Crippen LogP contribution in [-0.2, 0) is 4.79 Å². The van der Waals surface area contributed by atoms with Gasteiger partial charge in [0.15, 0.2) is 6.10 Å². The lowest BCUT2D eigenvalue weighted by Crippen LogP contribution is -2.30. The molecule has 104 valence electrons. The molecule has 4 heteroatoms. The number of ether oxygens (including phenoxy) is 1. The smallest absolute Gasteiger partial charge is 0.265 e. The Labute approximate surface area is 118 Å². The Morgan fingerprint density at radius 3 is 2.45 bits per heavy atom. The molecule has 2 aromatic rings. The minimum Gasteiger partial charge on any atom is -0.481 e. The summed E-state index contributed by atoms with van der Waals surface area (Å²) in [7, 11) is 0. The molecule has 0 saturated heterocycles. The lowest BCUT2D eigenvalue weighted by molar-refractivity contribution is -0.122. The lowest BCUT2D eigenvalue weighted by Gasteiger charge is -2.15. The van der Waals surface area contributed by atoms with Gasteiger partial charge in [-0.15, -0.1) is 0 Å². The van der Waals surface area contributed by atoms with Crippen LogP contribution in [0.4, 0.5) is 11.4 Å². The summed E-state index contributed by atoms with van der Waals surface area (Å²) in [6.07, 6.45) is -0.585. The van der Waals surface area contributed by atoms with Crippen LogP contribution in [0.5, 0.6) is 5.75 Å². The van der Waals surface area contributed by atoms with E-state index >= 15 is 0 Å². The predicted octanol–water partition coefficient (Wildman–Crippen LogP) is 2.98. The number of anilines is 2. The third-order valence-corrected chi connectivity index (χ3v) is 2.97. The Kier molecular flexibility index (Phi) is 4.25. The van der Waals surface area contributed by atoms with Crippen molar-refractivity contribution in [1.82, 2.24) is 0 Å². The van der Waals surface area contributed by atoms with Crippen LogP contribution < -0.4 is 15.8 Å². The second-order valence-corrected chi connectivity index (χ2v) is 4.63. The molecule has 0 aromatic heterocycles. The second-order valence-electron chi connectivity index (χ2n) is 4.63. The standard InChI is InChI=1S/C16H18N2O2/c1-11-5-3-4-6-15(11)18-16(19)12(2)20-14-9-7-13(17)8-10-14/h3-10,12H,17H2,1-2H3,(H,18,19). The number of hydrogen-bond acceptors (Lipinski definition) is 3. The highest BCUT2D eigenvalue weighted by molar-refractivity contribution is 5.94. The maximum absolute atomic E-state index is 12.1. The Bertz CT molecular complexity index is 594. The molecule has 0 radical (unpaired) electrons. The molecule has 2 aromatic carbocycles. The fourth-order valence-electron chi connectivity index (χ4n) is 1.75. The normalized spacial score (nSPS) is 11.7. The van der Waals surface area contributed by atoms with E-state index in [-0.39, 0.29) is 5.91 Å². The molecule has 2 rings (SSSR count). The molecule has 0 aliphatic rings. The molecule has 4 nitrogen and oxygen atoms in total. The summed E-state index contributed by atoms with van der Waals surface area (Å²) in [5.74, 6) is 0.433.